The third kappa shape index (κ3) is 5.38. The summed E-state index contributed by atoms with van der Waals surface area (Å²) in [6.07, 6.45) is 2.80. The molecular weight excluding hydrogens is 346 g/mol. The van der Waals surface area contributed by atoms with E-state index in [1.165, 1.54) is 12.1 Å². The molecule has 0 radical (unpaired) electrons. The van der Waals surface area contributed by atoms with Gasteiger partial charge in [0.1, 0.15) is 5.69 Å². The molecule has 140 valence electrons. The van der Waals surface area contributed by atoms with Gasteiger partial charge in [-0.3, -0.25) is 10.1 Å². The van der Waals surface area contributed by atoms with Gasteiger partial charge in [0.25, 0.3) is 5.69 Å². The number of sulfonamides is 1. The van der Waals surface area contributed by atoms with Crippen molar-refractivity contribution in [3.63, 3.8) is 0 Å². The van der Waals surface area contributed by atoms with Gasteiger partial charge in [-0.15, -0.1) is 0 Å². The van der Waals surface area contributed by atoms with Crippen LogP contribution >= 0.6 is 0 Å². The number of nitro groups is 1. The van der Waals surface area contributed by atoms with Gasteiger partial charge in [0.2, 0.25) is 10.0 Å². The summed E-state index contributed by atoms with van der Waals surface area (Å²) in [4.78, 5) is 10.5. The molecule has 0 aliphatic heterocycles. The van der Waals surface area contributed by atoms with Gasteiger partial charge in [-0.1, -0.05) is 6.92 Å². The van der Waals surface area contributed by atoms with Gasteiger partial charge in [-0.05, 0) is 50.7 Å². The molecule has 0 bridgehead atoms. The average Bonchev–Trinajstić information content (AvgIpc) is 2.54. The number of anilines is 1. The Hall–Kier alpha value is -1.71. The minimum absolute atomic E-state index is 0.125. The summed E-state index contributed by atoms with van der Waals surface area (Å²) in [5.41, 5.74) is -0.155. The number of aliphatic hydroxyl groups is 1. The van der Waals surface area contributed by atoms with Crippen molar-refractivity contribution in [2.24, 2.45) is 5.92 Å². The fourth-order valence-corrected chi connectivity index (χ4v) is 4.23. The number of aliphatic hydroxyl groups excluding tert-OH is 1. The second kappa shape index (κ2) is 8.11. The quantitative estimate of drug-likeness (QED) is 0.499. The van der Waals surface area contributed by atoms with Gasteiger partial charge in [0, 0.05) is 18.7 Å². The first-order valence-electron chi connectivity index (χ1n) is 8.41. The van der Waals surface area contributed by atoms with Gasteiger partial charge in [-0.2, -0.15) is 0 Å². The van der Waals surface area contributed by atoms with E-state index in [9.17, 15) is 23.6 Å². The fourth-order valence-electron chi connectivity index (χ4n) is 2.90. The summed E-state index contributed by atoms with van der Waals surface area (Å²) in [7, 11) is -3.81. The summed E-state index contributed by atoms with van der Waals surface area (Å²) in [5, 5.41) is 23.3. The third-order valence-electron chi connectivity index (χ3n) is 4.40. The number of benzene rings is 1. The number of nitrogens with zero attached hydrogens (tertiary/aromatic N) is 1. The van der Waals surface area contributed by atoms with Crippen LogP contribution in [-0.4, -0.2) is 37.1 Å². The van der Waals surface area contributed by atoms with Gasteiger partial charge >= 0.3 is 0 Å². The highest BCUT2D eigenvalue weighted by Crippen LogP contribution is 2.29. The zero-order valence-corrected chi connectivity index (χ0v) is 15.3. The topological polar surface area (TPSA) is 122 Å². The molecule has 25 heavy (non-hydrogen) atoms. The third-order valence-corrected chi connectivity index (χ3v) is 5.92. The van der Waals surface area contributed by atoms with E-state index >= 15 is 0 Å². The average molecular weight is 371 g/mol. The summed E-state index contributed by atoms with van der Waals surface area (Å²) in [5.74, 6) is 0.598. The van der Waals surface area contributed by atoms with E-state index in [2.05, 4.69) is 17.0 Å². The first-order valence-corrected chi connectivity index (χ1v) is 9.90. The van der Waals surface area contributed by atoms with E-state index in [-0.39, 0.29) is 28.9 Å². The van der Waals surface area contributed by atoms with Crippen LogP contribution in [0.15, 0.2) is 23.1 Å². The van der Waals surface area contributed by atoms with E-state index in [1.807, 2.05) is 0 Å². The molecule has 1 aromatic rings. The van der Waals surface area contributed by atoms with Crippen molar-refractivity contribution < 1.29 is 18.4 Å². The van der Waals surface area contributed by atoms with Crippen molar-refractivity contribution in [2.45, 2.75) is 56.6 Å². The molecule has 8 nitrogen and oxygen atoms in total. The molecule has 0 saturated heterocycles. The van der Waals surface area contributed by atoms with Crippen LogP contribution in [0.25, 0.3) is 0 Å². The van der Waals surface area contributed by atoms with E-state index < -0.39 is 21.1 Å². The molecule has 2 rings (SSSR count). The Morgan fingerprint density at radius 1 is 1.32 bits per heavy atom. The maximum absolute atomic E-state index is 12.5. The van der Waals surface area contributed by atoms with Gasteiger partial charge in [-0.25, -0.2) is 13.1 Å². The molecule has 0 spiro atoms. The molecule has 1 aliphatic carbocycles. The van der Waals surface area contributed by atoms with Gasteiger partial charge in [0.05, 0.1) is 15.9 Å². The zero-order valence-electron chi connectivity index (χ0n) is 14.4. The molecule has 9 heteroatoms. The van der Waals surface area contributed by atoms with Crippen molar-refractivity contribution in [1.29, 1.82) is 0 Å². The largest absolute Gasteiger partial charge is 0.392 e. The molecule has 0 aromatic heterocycles. The van der Waals surface area contributed by atoms with Gasteiger partial charge in [0.15, 0.2) is 0 Å². The Morgan fingerprint density at radius 3 is 2.52 bits per heavy atom. The van der Waals surface area contributed by atoms with Gasteiger partial charge < -0.3 is 10.4 Å². The lowest BCUT2D eigenvalue weighted by molar-refractivity contribution is -0.384. The van der Waals surface area contributed by atoms with Crippen LogP contribution in [-0.2, 0) is 10.0 Å². The van der Waals surface area contributed by atoms with Crippen LogP contribution < -0.4 is 10.0 Å². The lowest BCUT2D eigenvalue weighted by Gasteiger charge is -2.26. The number of nitrogens with one attached hydrogen (secondary N) is 2. The number of nitro benzene ring substituents is 1. The van der Waals surface area contributed by atoms with E-state index in [1.54, 1.807) is 6.92 Å². The SMILES string of the molecule is CC1CCC(NS(=O)(=O)c2ccc(NC[C@H](C)O)c([N+](=O)[O-])c2)CC1. The van der Waals surface area contributed by atoms with Crippen LogP contribution in [0.4, 0.5) is 11.4 Å². The molecule has 0 amide bonds. The molecule has 3 N–H and O–H groups in total. The minimum atomic E-state index is -3.81. The van der Waals surface area contributed by atoms with Crippen molar-refractivity contribution >= 4 is 21.4 Å². The summed E-state index contributed by atoms with van der Waals surface area (Å²) in [6.45, 7) is 3.82. The minimum Gasteiger partial charge on any atom is -0.392 e. The molecule has 1 aliphatic rings. The van der Waals surface area contributed by atoms with Crippen molar-refractivity contribution in [1.82, 2.24) is 4.72 Å². The predicted molar refractivity (Wildman–Crippen MR) is 95.0 cm³/mol. The maximum Gasteiger partial charge on any atom is 0.293 e. The Labute approximate surface area is 147 Å². The van der Waals surface area contributed by atoms with Crippen molar-refractivity contribution in [3.05, 3.63) is 28.3 Å². The second-order valence-corrected chi connectivity index (χ2v) is 8.46. The summed E-state index contributed by atoms with van der Waals surface area (Å²) >= 11 is 0. The number of rotatable bonds is 7. The highest BCUT2D eigenvalue weighted by molar-refractivity contribution is 7.89. The molecule has 1 atom stereocenters. The molecule has 1 fully saturated rings. The molecule has 1 aromatic carbocycles. The van der Waals surface area contributed by atoms with E-state index in [4.69, 9.17) is 0 Å². The zero-order chi connectivity index (χ0) is 18.6. The summed E-state index contributed by atoms with van der Waals surface area (Å²) < 4.78 is 27.7. The van der Waals surface area contributed by atoms with Crippen LogP contribution in [0.5, 0.6) is 0 Å². The Morgan fingerprint density at radius 2 is 1.96 bits per heavy atom. The maximum atomic E-state index is 12.5. The standard InChI is InChI=1S/C16H25N3O5S/c1-11-3-5-13(6-4-11)18-25(23,24)14-7-8-15(17-10-12(2)20)16(9-14)19(21)22/h7-9,11-13,17-18,20H,3-6,10H2,1-2H3/t11?,12-,13?/m0/s1. The van der Waals surface area contributed by atoms with Crippen LogP contribution in [0.3, 0.4) is 0 Å². The van der Waals surface area contributed by atoms with Crippen molar-refractivity contribution in [3.8, 4) is 0 Å². The Kier molecular flexibility index (Phi) is 6.36. The van der Waals surface area contributed by atoms with Crippen LogP contribution in [0.1, 0.15) is 39.5 Å². The lowest BCUT2D eigenvalue weighted by Crippen LogP contribution is -2.37. The number of hydrogen-bond donors (Lipinski definition) is 3. The van der Waals surface area contributed by atoms with Crippen molar-refractivity contribution in [2.75, 3.05) is 11.9 Å². The summed E-state index contributed by atoms with van der Waals surface area (Å²) in [6, 6.07) is 3.62. The predicted octanol–water partition coefficient (Wildman–Crippen LogP) is 2.24. The van der Waals surface area contributed by atoms with Crippen LogP contribution in [0, 0.1) is 16.0 Å². The highest BCUT2D eigenvalue weighted by Gasteiger charge is 2.26. The van der Waals surface area contributed by atoms with Crippen LogP contribution in [0.2, 0.25) is 0 Å². The normalized spacial score (nSPS) is 22.4. The molecular formula is C16H25N3O5S. The Balaban J connectivity index is 2.19. The lowest BCUT2D eigenvalue weighted by atomic mass is 9.88. The highest BCUT2D eigenvalue weighted by atomic mass is 32.2. The smallest absolute Gasteiger partial charge is 0.293 e. The van der Waals surface area contributed by atoms with E-state index in [0.29, 0.717) is 5.92 Å². The molecule has 1 saturated carbocycles. The second-order valence-electron chi connectivity index (χ2n) is 6.74. The Bertz CT molecular complexity index is 712. The first-order chi connectivity index (χ1) is 11.7. The fraction of sp³-hybridized carbons (Fsp3) is 0.625. The number of hydrogen-bond acceptors (Lipinski definition) is 6. The first kappa shape index (κ1) is 19.6. The molecule has 0 unspecified atom stereocenters. The monoisotopic (exact) mass is 371 g/mol. The van der Waals surface area contributed by atoms with E-state index in [0.717, 1.165) is 31.7 Å². The molecule has 0 heterocycles.